The molecule has 2 amide bonds. The molecule has 0 bridgehead atoms. The highest BCUT2D eigenvalue weighted by Gasteiger charge is 2.32. The van der Waals surface area contributed by atoms with E-state index in [0.717, 1.165) is 17.4 Å². The van der Waals surface area contributed by atoms with Crippen LogP contribution in [-0.4, -0.2) is 67.1 Å². The van der Waals surface area contributed by atoms with Gasteiger partial charge in [-0.15, -0.1) is 0 Å². The molecule has 2 saturated heterocycles. The van der Waals surface area contributed by atoms with Crippen LogP contribution in [0.5, 0.6) is 0 Å². The second kappa shape index (κ2) is 8.31. The number of piperazine rings is 1. The number of nitrogens with zero attached hydrogens (tertiary/aromatic N) is 3. The lowest BCUT2D eigenvalue weighted by atomic mass is 9.95. The number of aromatic nitrogens is 1. The van der Waals surface area contributed by atoms with Crippen LogP contribution in [0.2, 0.25) is 0 Å². The summed E-state index contributed by atoms with van der Waals surface area (Å²) in [5.74, 6) is 0.216. The van der Waals surface area contributed by atoms with Gasteiger partial charge in [0.05, 0.1) is 5.52 Å². The van der Waals surface area contributed by atoms with E-state index in [9.17, 15) is 18.0 Å². The van der Waals surface area contributed by atoms with E-state index in [0.29, 0.717) is 38.0 Å². The standard InChI is InChI=1S/C21H26N4O4S/c1-15-11-17-3-2-4-18(21(17)23-13-15)30(28,29)25-9-7-24(8-10-25)20(27)12-16-5-6-19(26)22-14-16/h2-4,11,13,16H,5-10,12,14H2,1H3,(H,22,26). The normalized spacial score (nSPS) is 20.9. The van der Waals surface area contributed by atoms with Crippen molar-refractivity contribution >= 4 is 32.7 Å². The largest absolute Gasteiger partial charge is 0.356 e. The zero-order chi connectivity index (χ0) is 21.3. The van der Waals surface area contributed by atoms with Gasteiger partial charge in [0.1, 0.15) is 4.90 Å². The molecule has 3 heterocycles. The van der Waals surface area contributed by atoms with Crippen LogP contribution < -0.4 is 5.32 Å². The predicted octanol–water partition coefficient (Wildman–Crippen LogP) is 1.29. The number of carbonyl (C=O) groups is 2. The Kier molecular flexibility index (Phi) is 5.75. The smallest absolute Gasteiger partial charge is 0.245 e. The van der Waals surface area contributed by atoms with Crippen LogP contribution in [0.4, 0.5) is 0 Å². The number of amides is 2. The van der Waals surface area contributed by atoms with E-state index in [-0.39, 0.29) is 35.7 Å². The number of aryl methyl sites for hydroxylation is 1. The highest BCUT2D eigenvalue weighted by molar-refractivity contribution is 7.89. The molecule has 30 heavy (non-hydrogen) atoms. The summed E-state index contributed by atoms with van der Waals surface area (Å²) in [4.78, 5) is 30.2. The predicted molar refractivity (Wildman–Crippen MR) is 112 cm³/mol. The Bertz CT molecular complexity index is 1070. The average Bonchev–Trinajstić information content (AvgIpc) is 2.74. The van der Waals surface area contributed by atoms with E-state index < -0.39 is 10.0 Å². The summed E-state index contributed by atoms with van der Waals surface area (Å²) in [6.07, 6.45) is 3.24. The average molecular weight is 431 g/mol. The first-order chi connectivity index (χ1) is 14.3. The fourth-order valence-corrected chi connectivity index (χ4v) is 5.69. The molecule has 2 aliphatic rings. The first-order valence-electron chi connectivity index (χ1n) is 10.2. The van der Waals surface area contributed by atoms with Gasteiger partial charge in [-0.25, -0.2) is 8.42 Å². The Morgan fingerprint density at radius 2 is 2.00 bits per heavy atom. The van der Waals surface area contributed by atoms with Crippen LogP contribution in [0, 0.1) is 12.8 Å². The molecule has 9 heteroatoms. The minimum Gasteiger partial charge on any atom is -0.356 e. The third-order valence-corrected chi connectivity index (χ3v) is 7.78. The van der Waals surface area contributed by atoms with Gasteiger partial charge in [-0.05, 0) is 37.0 Å². The number of para-hydroxylation sites is 1. The first kappa shape index (κ1) is 20.7. The minimum absolute atomic E-state index is 0.0236. The van der Waals surface area contributed by atoms with Gasteiger partial charge in [-0.3, -0.25) is 14.6 Å². The molecule has 4 rings (SSSR count). The van der Waals surface area contributed by atoms with Crippen molar-refractivity contribution in [2.24, 2.45) is 5.92 Å². The zero-order valence-electron chi connectivity index (χ0n) is 17.0. The molecule has 1 N–H and O–H groups in total. The monoisotopic (exact) mass is 430 g/mol. The van der Waals surface area contributed by atoms with Crippen molar-refractivity contribution in [3.63, 3.8) is 0 Å². The summed E-state index contributed by atoms with van der Waals surface area (Å²) in [5, 5.41) is 3.60. The van der Waals surface area contributed by atoms with Gasteiger partial charge >= 0.3 is 0 Å². The number of nitrogens with one attached hydrogen (secondary N) is 1. The van der Waals surface area contributed by atoms with Gasteiger partial charge in [0.15, 0.2) is 0 Å². The molecule has 160 valence electrons. The molecule has 0 spiro atoms. The van der Waals surface area contributed by atoms with Gasteiger partial charge in [0.25, 0.3) is 0 Å². The number of rotatable bonds is 4. The molecule has 8 nitrogen and oxygen atoms in total. The molecular formula is C21H26N4O4S. The maximum atomic E-state index is 13.3. The lowest BCUT2D eigenvalue weighted by Crippen LogP contribution is -2.51. The molecule has 2 aliphatic heterocycles. The van der Waals surface area contributed by atoms with Crippen LogP contribution in [0.3, 0.4) is 0 Å². The highest BCUT2D eigenvalue weighted by Crippen LogP contribution is 2.26. The lowest BCUT2D eigenvalue weighted by Gasteiger charge is -2.35. The van der Waals surface area contributed by atoms with E-state index in [1.165, 1.54) is 4.31 Å². The van der Waals surface area contributed by atoms with E-state index >= 15 is 0 Å². The third kappa shape index (κ3) is 4.17. The molecule has 1 aromatic carbocycles. The molecule has 0 saturated carbocycles. The van der Waals surface area contributed by atoms with Crippen LogP contribution in [-0.2, 0) is 19.6 Å². The lowest BCUT2D eigenvalue weighted by molar-refractivity contribution is -0.134. The first-order valence-corrected chi connectivity index (χ1v) is 11.7. The maximum Gasteiger partial charge on any atom is 0.245 e. The molecule has 1 atom stereocenters. The summed E-state index contributed by atoms with van der Waals surface area (Å²) in [7, 11) is -3.70. The van der Waals surface area contributed by atoms with Gasteiger partial charge in [0.2, 0.25) is 21.8 Å². The zero-order valence-corrected chi connectivity index (χ0v) is 17.8. The number of fused-ring (bicyclic) bond motifs is 1. The Hall–Kier alpha value is -2.52. The van der Waals surface area contributed by atoms with Gasteiger partial charge < -0.3 is 10.2 Å². The van der Waals surface area contributed by atoms with Crippen molar-refractivity contribution in [2.45, 2.75) is 31.1 Å². The maximum absolute atomic E-state index is 13.3. The van der Waals surface area contributed by atoms with E-state index in [2.05, 4.69) is 10.3 Å². The molecule has 0 radical (unpaired) electrons. The second-order valence-corrected chi connectivity index (χ2v) is 9.94. The van der Waals surface area contributed by atoms with E-state index in [4.69, 9.17) is 0 Å². The van der Waals surface area contributed by atoms with Crippen LogP contribution >= 0.6 is 0 Å². The Labute approximate surface area is 176 Å². The molecule has 1 unspecified atom stereocenters. The van der Waals surface area contributed by atoms with Crippen molar-refractivity contribution in [1.82, 2.24) is 19.5 Å². The molecule has 0 aliphatic carbocycles. The summed E-state index contributed by atoms with van der Waals surface area (Å²) < 4.78 is 27.9. The third-order valence-electron chi connectivity index (χ3n) is 5.85. The second-order valence-electron chi connectivity index (χ2n) is 8.04. The SMILES string of the molecule is Cc1cnc2c(S(=O)(=O)N3CCN(C(=O)CC4CCC(=O)NC4)CC3)cccc2c1. The summed E-state index contributed by atoms with van der Waals surface area (Å²) in [6.45, 7) is 3.72. The molecule has 2 fully saturated rings. The fraction of sp³-hybridized carbons (Fsp3) is 0.476. The van der Waals surface area contributed by atoms with Gasteiger partial charge in [0, 0.05) is 57.1 Å². The Morgan fingerprint density at radius 3 is 2.70 bits per heavy atom. The number of hydrogen-bond acceptors (Lipinski definition) is 5. The number of sulfonamides is 1. The quantitative estimate of drug-likeness (QED) is 0.788. The van der Waals surface area contributed by atoms with E-state index in [1.54, 1.807) is 23.2 Å². The number of carbonyl (C=O) groups excluding carboxylic acids is 2. The molecule has 2 aromatic rings. The van der Waals surface area contributed by atoms with Crippen molar-refractivity contribution in [3.8, 4) is 0 Å². The summed E-state index contributed by atoms with van der Waals surface area (Å²) >= 11 is 0. The topological polar surface area (TPSA) is 99.7 Å². The molecular weight excluding hydrogens is 404 g/mol. The van der Waals surface area contributed by atoms with Crippen LogP contribution in [0.1, 0.15) is 24.8 Å². The van der Waals surface area contributed by atoms with E-state index in [1.807, 2.05) is 19.1 Å². The van der Waals surface area contributed by atoms with Gasteiger partial charge in [-0.1, -0.05) is 12.1 Å². The fourth-order valence-electron chi connectivity index (χ4n) is 4.10. The van der Waals surface area contributed by atoms with Crippen LogP contribution in [0.15, 0.2) is 35.4 Å². The Morgan fingerprint density at radius 1 is 1.23 bits per heavy atom. The Balaban J connectivity index is 1.42. The molecule has 1 aromatic heterocycles. The van der Waals surface area contributed by atoms with Gasteiger partial charge in [-0.2, -0.15) is 4.31 Å². The number of piperidine rings is 1. The van der Waals surface area contributed by atoms with Crippen molar-refractivity contribution in [2.75, 3.05) is 32.7 Å². The minimum atomic E-state index is -3.70. The number of hydrogen-bond donors (Lipinski definition) is 1. The van der Waals surface area contributed by atoms with Crippen LogP contribution in [0.25, 0.3) is 10.9 Å². The van der Waals surface area contributed by atoms with Crippen molar-refractivity contribution < 1.29 is 18.0 Å². The van der Waals surface area contributed by atoms with Crippen molar-refractivity contribution in [3.05, 3.63) is 36.0 Å². The summed E-state index contributed by atoms with van der Waals surface area (Å²) in [6, 6.07) is 7.11. The number of pyridine rings is 1. The van der Waals surface area contributed by atoms with Crippen molar-refractivity contribution in [1.29, 1.82) is 0 Å². The summed E-state index contributed by atoms with van der Waals surface area (Å²) in [5.41, 5.74) is 1.45. The number of benzene rings is 1. The highest BCUT2D eigenvalue weighted by atomic mass is 32.2.